The van der Waals surface area contributed by atoms with Crippen LogP contribution in [0, 0.1) is 0 Å². The molecule has 0 spiro atoms. The Labute approximate surface area is 171 Å². The van der Waals surface area contributed by atoms with Crippen molar-refractivity contribution in [1.29, 1.82) is 0 Å². The second-order valence-corrected chi connectivity index (χ2v) is 8.08. The average molecular weight is 412 g/mol. The van der Waals surface area contributed by atoms with Crippen molar-refractivity contribution in [1.82, 2.24) is 19.7 Å². The van der Waals surface area contributed by atoms with Gasteiger partial charge in [0.05, 0.1) is 23.4 Å². The molecule has 1 aromatic heterocycles. The molecule has 0 fully saturated rings. The van der Waals surface area contributed by atoms with E-state index in [1.165, 1.54) is 21.7 Å². The lowest BCUT2D eigenvalue weighted by Gasteiger charge is -2.28. The molecule has 10 heteroatoms. The molecule has 3 heterocycles. The number of hydroxylamine groups is 2. The number of benzene rings is 1. The summed E-state index contributed by atoms with van der Waals surface area (Å²) in [7, 11) is 1.68. The molecule has 30 heavy (non-hydrogen) atoms. The Hall–Kier alpha value is -3.69. The zero-order chi connectivity index (χ0) is 21.8. The summed E-state index contributed by atoms with van der Waals surface area (Å²) in [6.45, 7) is 5.16. The second kappa shape index (κ2) is 6.68. The number of rotatable bonds is 2. The van der Waals surface area contributed by atoms with Crippen LogP contribution in [0.3, 0.4) is 0 Å². The Bertz CT molecular complexity index is 1050. The van der Waals surface area contributed by atoms with Crippen LogP contribution in [0.1, 0.15) is 58.8 Å². The van der Waals surface area contributed by atoms with Gasteiger partial charge in [-0.25, -0.2) is 9.59 Å². The molecule has 2 aromatic rings. The molecule has 2 aliphatic rings. The third-order valence-corrected chi connectivity index (χ3v) is 4.65. The molecule has 1 unspecified atom stereocenters. The van der Waals surface area contributed by atoms with E-state index >= 15 is 0 Å². The number of fused-ring (bicyclic) bond motifs is 2. The third-order valence-electron chi connectivity index (χ3n) is 4.65. The van der Waals surface area contributed by atoms with Crippen molar-refractivity contribution >= 4 is 23.9 Å². The van der Waals surface area contributed by atoms with Gasteiger partial charge in [0.2, 0.25) is 0 Å². The van der Waals surface area contributed by atoms with E-state index < -0.39 is 35.5 Å². The summed E-state index contributed by atoms with van der Waals surface area (Å²) >= 11 is 0. The lowest BCUT2D eigenvalue weighted by atomic mass is 10.1. The Morgan fingerprint density at radius 2 is 1.70 bits per heavy atom. The van der Waals surface area contributed by atoms with Gasteiger partial charge in [-0.05, 0) is 32.9 Å². The van der Waals surface area contributed by atoms with Crippen molar-refractivity contribution < 1.29 is 28.8 Å². The maximum Gasteiger partial charge on any atom is 0.411 e. The molecule has 0 radical (unpaired) electrons. The molecule has 0 aliphatic carbocycles. The maximum atomic E-state index is 13.0. The van der Waals surface area contributed by atoms with Crippen LogP contribution in [-0.2, 0) is 28.0 Å². The first-order valence-electron chi connectivity index (χ1n) is 9.28. The predicted molar refractivity (Wildman–Crippen MR) is 101 cm³/mol. The molecule has 1 aromatic carbocycles. The van der Waals surface area contributed by atoms with Crippen LogP contribution in [-0.4, -0.2) is 49.2 Å². The molecule has 0 N–H and O–H groups in total. The predicted octanol–water partition coefficient (Wildman–Crippen LogP) is 1.97. The topological polar surface area (TPSA) is 111 Å². The fraction of sp³-hybridized carbons (Fsp3) is 0.350. The van der Waals surface area contributed by atoms with Crippen molar-refractivity contribution in [2.45, 2.75) is 39.0 Å². The summed E-state index contributed by atoms with van der Waals surface area (Å²) in [5.41, 5.74) is 0.469. The Morgan fingerprint density at radius 3 is 2.27 bits per heavy atom. The van der Waals surface area contributed by atoms with E-state index in [0.717, 1.165) is 0 Å². The van der Waals surface area contributed by atoms with Crippen molar-refractivity contribution in [2.75, 3.05) is 0 Å². The van der Waals surface area contributed by atoms with Gasteiger partial charge in [0.25, 0.3) is 11.8 Å². The number of nitrogens with zero attached hydrogens (tertiary/aromatic N) is 4. The van der Waals surface area contributed by atoms with E-state index in [1.807, 2.05) is 0 Å². The van der Waals surface area contributed by atoms with Gasteiger partial charge in [0.15, 0.2) is 6.04 Å². The molecule has 10 nitrogen and oxygen atoms in total. The van der Waals surface area contributed by atoms with Crippen LogP contribution in [0.2, 0.25) is 0 Å². The van der Waals surface area contributed by atoms with Gasteiger partial charge in [-0.2, -0.15) is 5.10 Å². The van der Waals surface area contributed by atoms with E-state index in [4.69, 9.17) is 9.57 Å². The van der Waals surface area contributed by atoms with Gasteiger partial charge in [-0.15, -0.1) is 0 Å². The highest BCUT2D eigenvalue weighted by atomic mass is 16.7. The third kappa shape index (κ3) is 3.19. The first-order valence-corrected chi connectivity index (χ1v) is 9.28. The minimum Gasteiger partial charge on any atom is -0.444 e. The normalized spacial score (nSPS) is 17.8. The number of amides is 3. The molecule has 156 valence electrons. The lowest BCUT2D eigenvalue weighted by Crippen LogP contribution is -2.42. The van der Waals surface area contributed by atoms with Crippen LogP contribution in [0.5, 0.6) is 0 Å². The highest BCUT2D eigenvalue weighted by Gasteiger charge is 2.46. The number of hydrogen-bond acceptors (Lipinski definition) is 7. The smallest absolute Gasteiger partial charge is 0.411 e. The number of hydrogen-bond donors (Lipinski definition) is 0. The summed E-state index contributed by atoms with van der Waals surface area (Å²) in [4.78, 5) is 57.1. The molecule has 0 bridgehead atoms. The van der Waals surface area contributed by atoms with Crippen molar-refractivity contribution in [3.8, 4) is 0 Å². The van der Waals surface area contributed by atoms with Crippen LogP contribution >= 0.6 is 0 Å². The molecule has 4 rings (SSSR count). The Morgan fingerprint density at radius 1 is 1.10 bits per heavy atom. The van der Waals surface area contributed by atoms with E-state index in [9.17, 15) is 19.2 Å². The summed E-state index contributed by atoms with van der Waals surface area (Å²) in [5, 5.41) is 4.68. The van der Waals surface area contributed by atoms with Gasteiger partial charge >= 0.3 is 12.1 Å². The fourth-order valence-electron chi connectivity index (χ4n) is 3.46. The molecule has 3 amide bonds. The number of ether oxygens (including phenoxy) is 1. The minimum atomic E-state index is -1.20. The van der Waals surface area contributed by atoms with E-state index in [-0.39, 0.29) is 17.7 Å². The van der Waals surface area contributed by atoms with Gasteiger partial charge in [-0.3, -0.25) is 19.2 Å². The maximum absolute atomic E-state index is 13.0. The number of carbonyl (C=O) groups excluding carboxylic acids is 4. The molecule has 1 atom stereocenters. The fourth-order valence-corrected chi connectivity index (χ4v) is 3.46. The highest BCUT2D eigenvalue weighted by molar-refractivity contribution is 6.21. The zero-order valence-electron chi connectivity index (χ0n) is 16.9. The van der Waals surface area contributed by atoms with Crippen molar-refractivity contribution in [3.05, 3.63) is 52.8 Å². The molecule has 0 saturated heterocycles. The van der Waals surface area contributed by atoms with Crippen molar-refractivity contribution in [3.63, 3.8) is 0 Å². The number of aromatic nitrogens is 2. The summed E-state index contributed by atoms with van der Waals surface area (Å²) in [5.74, 6) is -2.43. The second-order valence-electron chi connectivity index (χ2n) is 8.08. The highest BCUT2D eigenvalue weighted by Crippen LogP contribution is 2.36. The quantitative estimate of drug-likeness (QED) is 0.693. The van der Waals surface area contributed by atoms with Crippen LogP contribution in [0.15, 0.2) is 30.5 Å². The zero-order valence-corrected chi connectivity index (χ0v) is 16.9. The largest absolute Gasteiger partial charge is 0.444 e. The Balaban J connectivity index is 1.61. The van der Waals surface area contributed by atoms with Crippen LogP contribution in [0.25, 0.3) is 0 Å². The van der Waals surface area contributed by atoms with E-state index in [0.29, 0.717) is 16.3 Å². The molecular weight excluding hydrogens is 392 g/mol. The molecular formula is C20H20N4O6. The summed E-state index contributed by atoms with van der Waals surface area (Å²) in [6, 6.07) is 4.97. The Kier molecular flexibility index (Phi) is 4.37. The van der Waals surface area contributed by atoms with Gasteiger partial charge in [-0.1, -0.05) is 17.2 Å². The standard InChI is InChI=1S/C20H20N4O6/c1-20(2,3)29-19(28)23-10-14-13(9-22(4)21-14)15(23)18(27)30-24-16(25)11-7-5-6-8-12(11)17(24)26/h5-9,15H,10H2,1-4H3. The lowest BCUT2D eigenvalue weighted by molar-refractivity contribution is -0.174. The molecule has 0 saturated carbocycles. The van der Waals surface area contributed by atoms with E-state index in [1.54, 1.807) is 46.1 Å². The first kappa shape index (κ1) is 19.6. The SMILES string of the molecule is Cn1cc2c(n1)CN(C(=O)OC(C)(C)C)C2C(=O)ON1C(=O)c2ccccc2C1=O. The van der Waals surface area contributed by atoms with Crippen LogP contribution in [0.4, 0.5) is 4.79 Å². The van der Waals surface area contributed by atoms with Gasteiger partial charge in [0.1, 0.15) is 5.60 Å². The van der Waals surface area contributed by atoms with Crippen LogP contribution < -0.4 is 0 Å². The first-order chi connectivity index (χ1) is 14.1. The van der Waals surface area contributed by atoms with E-state index in [2.05, 4.69) is 5.10 Å². The minimum absolute atomic E-state index is 0.0347. The number of carbonyl (C=O) groups is 4. The molecule has 2 aliphatic heterocycles. The average Bonchev–Trinajstić information content (AvgIpc) is 3.25. The summed E-state index contributed by atoms with van der Waals surface area (Å²) in [6.07, 6.45) is 0.862. The number of aryl methyl sites for hydroxylation is 1. The van der Waals surface area contributed by atoms with Gasteiger partial charge < -0.3 is 9.57 Å². The monoisotopic (exact) mass is 412 g/mol. The summed E-state index contributed by atoms with van der Waals surface area (Å²) < 4.78 is 6.91. The van der Waals surface area contributed by atoms with Crippen molar-refractivity contribution in [2.24, 2.45) is 7.05 Å². The number of imide groups is 1. The van der Waals surface area contributed by atoms with Gasteiger partial charge in [0, 0.05) is 18.8 Å².